The van der Waals surface area contributed by atoms with Crippen LogP contribution in [0.3, 0.4) is 0 Å². The molecule has 25 heavy (non-hydrogen) atoms. The summed E-state index contributed by atoms with van der Waals surface area (Å²) in [5.41, 5.74) is 2.18. The lowest BCUT2D eigenvalue weighted by Crippen LogP contribution is -2.12. The van der Waals surface area contributed by atoms with Crippen LogP contribution < -0.4 is 9.47 Å². The Balaban J connectivity index is 1.51. The molecule has 4 heteroatoms. The normalized spacial score (nSPS) is 20.2. The second-order valence-corrected chi connectivity index (χ2v) is 6.58. The van der Waals surface area contributed by atoms with Crippen molar-refractivity contribution in [1.82, 2.24) is 4.98 Å². The average molecular weight is 337 g/mol. The zero-order chi connectivity index (χ0) is 17.1. The van der Waals surface area contributed by atoms with Gasteiger partial charge in [0.05, 0.1) is 13.2 Å². The van der Waals surface area contributed by atoms with Crippen molar-refractivity contribution >= 4 is 5.76 Å². The van der Waals surface area contributed by atoms with Gasteiger partial charge in [-0.3, -0.25) is 4.98 Å². The van der Waals surface area contributed by atoms with Gasteiger partial charge in [-0.1, -0.05) is 6.07 Å². The predicted octanol–water partition coefficient (Wildman–Crippen LogP) is 4.91. The first-order chi connectivity index (χ1) is 12.3. The van der Waals surface area contributed by atoms with Gasteiger partial charge in [0.2, 0.25) is 0 Å². The number of rotatable bonds is 5. The fourth-order valence-electron chi connectivity index (χ4n) is 3.54. The summed E-state index contributed by atoms with van der Waals surface area (Å²) in [5, 5.41) is 0. The summed E-state index contributed by atoms with van der Waals surface area (Å²) in [6, 6.07) is 10.1. The fourth-order valence-corrected chi connectivity index (χ4v) is 3.54. The van der Waals surface area contributed by atoms with E-state index in [0.29, 0.717) is 6.10 Å². The molecule has 0 bridgehead atoms. The zero-order valence-electron chi connectivity index (χ0n) is 14.5. The van der Waals surface area contributed by atoms with E-state index >= 15 is 0 Å². The van der Waals surface area contributed by atoms with E-state index in [0.717, 1.165) is 47.6 Å². The van der Waals surface area contributed by atoms with Crippen LogP contribution in [0.25, 0.3) is 5.76 Å². The van der Waals surface area contributed by atoms with E-state index in [2.05, 4.69) is 23.2 Å². The Morgan fingerprint density at radius 1 is 1.04 bits per heavy atom. The van der Waals surface area contributed by atoms with E-state index in [9.17, 15) is 0 Å². The molecule has 1 unspecified atom stereocenters. The highest BCUT2D eigenvalue weighted by Gasteiger charge is 2.24. The third kappa shape index (κ3) is 3.48. The molecular formula is C21H23NO3. The van der Waals surface area contributed by atoms with Gasteiger partial charge in [0.1, 0.15) is 11.9 Å². The zero-order valence-corrected chi connectivity index (χ0v) is 14.5. The molecule has 0 spiro atoms. The molecular weight excluding hydrogens is 314 g/mol. The van der Waals surface area contributed by atoms with Crippen molar-refractivity contribution in [3.05, 3.63) is 59.9 Å². The van der Waals surface area contributed by atoms with Crippen LogP contribution in [-0.4, -0.2) is 18.2 Å². The number of hydrogen-bond acceptors (Lipinski definition) is 4. The van der Waals surface area contributed by atoms with E-state index in [4.69, 9.17) is 14.2 Å². The van der Waals surface area contributed by atoms with Crippen molar-refractivity contribution in [3.63, 3.8) is 0 Å². The van der Waals surface area contributed by atoms with Gasteiger partial charge in [-0.2, -0.15) is 0 Å². The first-order valence-electron chi connectivity index (χ1n) is 8.95. The largest absolute Gasteiger partial charge is 0.493 e. The van der Waals surface area contributed by atoms with Crippen molar-refractivity contribution in [2.45, 2.75) is 44.3 Å². The van der Waals surface area contributed by atoms with Crippen LogP contribution in [0.2, 0.25) is 0 Å². The summed E-state index contributed by atoms with van der Waals surface area (Å²) in [7, 11) is 1.69. The Bertz CT molecular complexity index is 751. The minimum Gasteiger partial charge on any atom is -0.493 e. The minimum absolute atomic E-state index is 0.0139. The van der Waals surface area contributed by atoms with E-state index in [1.54, 1.807) is 19.5 Å². The number of benzene rings is 1. The molecule has 2 aliphatic rings. The number of ether oxygens (including phenoxy) is 3. The van der Waals surface area contributed by atoms with Crippen LogP contribution in [0, 0.1) is 0 Å². The van der Waals surface area contributed by atoms with Gasteiger partial charge in [-0.15, -0.1) is 0 Å². The van der Waals surface area contributed by atoms with Crippen molar-refractivity contribution in [3.8, 4) is 11.5 Å². The van der Waals surface area contributed by atoms with Gasteiger partial charge in [0, 0.05) is 24.4 Å². The highest BCUT2D eigenvalue weighted by Crippen LogP contribution is 2.39. The molecule has 2 heterocycles. The van der Waals surface area contributed by atoms with E-state index in [1.807, 2.05) is 18.2 Å². The molecule has 1 aliphatic carbocycles. The molecule has 1 aromatic heterocycles. The number of nitrogens with zero attached hydrogens (tertiary/aromatic N) is 1. The molecule has 0 N–H and O–H groups in total. The summed E-state index contributed by atoms with van der Waals surface area (Å²) in [5.74, 6) is 2.53. The SMILES string of the molecule is COc1ccc(C2CC=C(c3ccncc3)O2)cc1OC1CCCC1. The smallest absolute Gasteiger partial charge is 0.161 e. The van der Waals surface area contributed by atoms with Crippen LogP contribution in [0.1, 0.15) is 49.3 Å². The van der Waals surface area contributed by atoms with Gasteiger partial charge < -0.3 is 14.2 Å². The third-order valence-corrected chi connectivity index (χ3v) is 4.91. The number of aromatic nitrogens is 1. The molecule has 1 fully saturated rings. The number of pyridine rings is 1. The maximum Gasteiger partial charge on any atom is 0.161 e. The summed E-state index contributed by atoms with van der Waals surface area (Å²) in [4.78, 5) is 4.06. The maximum absolute atomic E-state index is 6.20. The number of methoxy groups -OCH3 is 1. The average Bonchev–Trinajstić information content (AvgIpc) is 3.34. The molecule has 1 aliphatic heterocycles. The third-order valence-electron chi connectivity index (χ3n) is 4.91. The Morgan fingerprint density at radius 3 is 2.60 bits per heavy atom. The lowest BCUT2D eigenvalue weighted by Gasteiger charge is -2.19. The van der Waals surface area contributed by atoms with Crippen molar-refractivity contribution < 1.29 is 14.2 Å². The van der Waals surface area contributed by atoms with E-state index in [-0.39, 0.29) is 6.10 Å². The highest BCUT2D eigenvalue weighted by atomic mass is 16.5. The molecule has 0 saturated heterocycles. The fraction of sp³-hybridized carbons (Fsp3) is 0.381. The highest BCUT2D eigenvalue weighted by molar-refractivity contribution is 5.61. The van der Waals surface area contributed by atoms with Gasteiger partial charge in [0.15, 0.2) is 11.5 Å². The van der Waals surface area contributed by atoms with Crippen LogP contribution in [-0.2, 0) is 4.74 Å². The molecule has 1 atom stereocenters. The maximum atomic E-state index is 6.20. The monoisotopic (exact) mass is 337 g/mol. The van der Waals surface area contributed by atoms with Crippen LogP contribution in [0.5, 0.6) is 11.5 Å². The Hall–Kier alpha value is -2.49. The minimum atomic E-state index is 0.0139. The van der Waals surface area contributed by atoms with Crippen LogP contribution in [0.15, 0.2) is 48.8 Å². The van der Waals surface area contributed by atoms with E-state index in [1.165, 1.54) is 12.8 Å². The van der Waals surface area contributed by atoms with Gasteiger partial charge >= 0.3 is 0 Å². The Morgan fingerprint density at radius 2 is 1.84 bits per heavy atom. The predicted molar refractivity (Wildman–Crippen MR) is 96.5 cm³/mol. The standard InChI is InChI=1S/C21H23NO3/c1-23-20-7-6-16(14-21(20)24-17-4-2-3-5-17)19-9-8-18(25-19)15-10-12-22-13-11-15/h6-8,10-14,17,19H,2-5,9H2,1H3. The van der Waals surface area contributed by atoms with Gasteiger partial charge in [-0.05, 0) is 61.6 Å². The van der Waals surface area contributed by atoms with Crippen LogP contribution in [0.4, 0.5) is 0 Å². The molecule has 0 radical (unpaired) electrons. The summed E-state index contributed by atoms with van der Waals surface area (Å²) in [6.45, 7) is 0. The summed E-state index contributed by atoms with van der Waals surface area (Å²) < 4.78 is 17.9. The van der Waals surface area contributed by atoms with Crippen molar-refractivity contribution in [2.24, 2.45) is 0 Å². The molecule has 130 valence electrons. The van der Waals surface area contributed by atoms with Crippen molar-refractivity contribution in [1.29, 1.82) is 0 Å². The summed E-state index contributed by atoms with van der Waals surface area (Å²) in [6.07, 6.45) is 11.6. The first-order valence-corrected chi connectivity index (χ1v) is 8.95. The molecule has 1 aromatic carbocycles. The molecule has 2 aromatic rings. The first kappa shape index (κ1) is 16.0. The van der Waals surface area contributed by atoms with Gasteiger partial charge in [-0.25, -0.2) is 0 Å². The number of hydrogen-bond donors (Lipinski definition) is 0. The van der Waals surface area contributed by atoms with Gasteiger partial charge in [0.25, 0.3) is 0 Å². The second kappa shape index (κ2) is 7.18. The molecule has 4 rings (SSSR count). The van der Waals surface area contributed by atoms with Crippen molar-refractivity contribution in [2.75, 3.05) is 7.11 Å². The Kier molecular flexibility index (Phi) is 4.59. The van der Waals surface area contributed by atoms with Crippen LogP contribution >= 0.6 is 0 Å². The molecule has 1 saturated carbocycles. The lowest BCUT2D eigenvalue weighted by atomic mass is 10.1. The van der Waals surface area contributed by atoms with E-state index < -0.39 is 0 Å². The quantitative estimate of drug-likeness (QED) is 0.777. The topological polar surface area (TPSA) is 40.6 Å². The second-order valence-electron chi connectivity index (χ2n) is 6.58. The summed E-state index contributed by atoms with van der Waals surface area (Å²) >= 11 is 0. The lowest BCUT2D eigenvalue weighted by molar-refractivity contribution is 0.187. The molecule has 0 amide bonds. The molecule has 4 nitrogen and oxygen atoms in total. The Labute approximate surface area is 148 Å².